The molecule has 0 aliphatic heterocycles. The molecule has 2 atom stereocenters. The van der Waals surface area contributed by atoms with Crippen LogP contribution in [0.1, 0.15) is 25.7 Å². The third kappa shape index (κ3) is 2.91. The molecule has 0 spiro atoms. The van der Waals surface area contributed by atoms with Gasteiger partial charge < -0.3 is 5.32 Å². The van der Waals surface area contributed by atoms with Crippen LogP contribution >= 0.6 is 11.6 Å². The van der Waals surface area contributed by atoms with Crippen LogP contribution in [-0.4, -0.2) is 25.1 Å². The van der Waals surface area contributed by atoms with Gasteiger partial charge >= 0.3 is 0 Å². The highest BCUT2D eigenvalue weighted by atomic mass is 35.5. The second-order valence-electron chi connectivity index (χ2n) is 3.45. The summed E-state index contributed by atoms with van der Waals surface area (Å²) >= 11 is 5.80. The van der Waals surface area contributed by atoms with Crippen LogP contribution in [0.4, 0.5) is 4.39 Å². The Morgan fingerprint density at radius 1 is 1.42 bits per heavy atom. The molecule has 0 radical (unpaired) electrons. The Hall–Kier alpha value is 0.180. The molecule has 1 aliphatic carbocycles. The molecule has 12 heavy (non-hydrogen) atoms. The first kappa shape index (κ1) is 10.3. The van der Waals surface area contributed by atoms with Crippen molar-refractivity contribution in [3.63, 3.8) is 0 Å². The molecular formula is C9H17ClFN. The lowest BCUT2D eigenvalue weighted by Gasteiger charge is -2.18. The molecule has 3 heteroatoms. The van der Waals surface area contributed by atoms with E-state index in [9.17, 15) is 4.39 Å². The predicted molar refractivity (Wildman–Crippen MR) is 50.4 cm³/mol. The number of alkyl halides is 2. The fraction of sp³-hybridized carbons (Fsp3) is 1.00. The van der Waals surface area contributed by atoms with Crippen molar-refractivity contribution < 1.29 is 4.39 Å². The molecule has 1 rings (SSSR count). The maximum absolute atomic E-state index is 11.8. The summed E-state index contributed by atoms with van der Waals surface area (Å²) < 4.78 is 11.8. The third-order valence-electron chi connectivity index (χ3n) is 2.57. The predicted octanol–water partition coefficient (Wildman–Crippen LogP) is 2.34. The lowest BCUT2D eigenvalue weighted by atomic mass is 10.1. The van der Waals surface area contributed by atoms with Gasteiger partial charge in [-0.3, -0.25) is 4.39 Å². The van der Waals surface area contributed by atoms with Crippen molar-refractivity contribution in [1.29, 1.82) is 0 Å². The Labute approximate surface area is 78.7 Å². The van der Waals surface area contributed by atoms with E-state index in [1.807, 2.05) is 0 Å². The van der Waals surface area contributed by atoms with Gasteiger partial charge in [-0.2, -0.15) is 0 Å². The van der Waals surface area contributed by atoms with Crippen molar-refractivity contribution in [3.05, 3.63) is 0 Å². The van der Waals surface area contributed by atoms with Crippen molar-refractivity contribution in [3.8, 4) is 0 Å². The molecule has 0 heterocycles. The molecule has 0 amide bonds. The van der Waals surface area contributed by atoms with E-state index in [4.69, 9.17) is 11.6 Å². The van der Waals surface area contributed by atoms with E-state index in [1.165, 1.54) is 19.3 Å². The summed E-state index contributed by atoms with van der Waals surface area (Å²) in [7, 11) is 0. The van der Waals surface area contributed by atoms with E-state index >= 15 is 0 Å². The summed E-state index contributed by atoms with van der Waals surface area (Å²) in [5, 5.41) is 3.36. The highest BCUT2D eigenvalue weighted by molar-refractivity contribution is 6.18. The molecule has 1 N–H and O–H groups in total. The van der Waals surface area contributed by atoms with Gasteiger partial charge in [0.25, 0.3) is 0 Å². The monoisotopic (exact) mass is 193 g/mol. The van der Waals surface area contributed by atoms with E-state index in [0.29, 0.717) is 18.4 Å². The van der Waals surface area contributed by atoms with Gasteiger partial charge in [-0.15, -0.1) is 11.6 Å². The summed E-state index contributed by atoms with van der Waals surface area (Å²) in [6, 6.07) is 0.550. The number of rotatable bonds is 5. The van der Waals surface area contributed by atoms with Gasteiger partial charge in [-0.05, 0) is 31.7 Å². The second-order valence-corrected chi connectivity index (χ2v) is 3.76. The zero-order chi connectivity index (χ0) is 8.81. The third-order valence-corrected chi connectivity index (χ3v) is 2.97. The first-order valence-electron chi connectivity index (χ1n) is 4.73. The molecule has 2 unspecified atom stereocenters. The fourth-order valence-corrected chi connectivity index (χ4v) is 2.21. The second kappa shape index (κ2) is 5.76. The molecule has 1 saturated carbocycles. The molecule has 72 valence electrons. The van der Waals surface area contributed by atoms with E-state index < -0.39 is 0 Å². The van der Waals surface area contributed by atoms with Crippen molar-refractivity contribution in [2.75, 3.05) is 19.1 Å². The van der Waals surface area contributed by atoms with Gasteiger partial charge in [-0.25, -0.2) is 0 Å². The van der Waals surface area contributed by atoms with Gasteiger partial charge in [0.1, 0.15) is 0 Å². The van der Waals surface area contributed by atoms with Crippen LogP contribution in [0.2, 0.25) is 0 Å². The summed E-state index contributed by atoms with van der Waals surface area (Å²) in [6.07, 6.45) is 4.34. The summed E-state index contributed by atoms with van der Waals surface area (Å²) in [6.45, 7) is 0.583. The SMILES string of the molecule is FCCCNC1CCCC1CCl. The smallest absolute Gasteiger partial charge is 0.0906 e. The molecule has 0 aromatic carbocycles. The van der Waals surface area contributed by atoms with Gasteiger partial charge in [0, 0.05) is 11.9 Å². The van der Waals surface area contributed by atoms with E-state index in [-0.39, 0.29) is 6.67 Å². The highest BCUT2D eigenvalue weighted by Crippen LogP contribution is 2.26. The van der Waals surface area contributed by atoms with Crippen molar-refractivity contribution >= 4 is 11.6 Å². The quantitative estimate of drug-likeness (QED) is 0.522. The largest absolute Gasteiger partial charge is 0.314 e. The Morgan fingerprint density at radius 2 is 2.25 bits per heavy atom. The molecular weight excluding hydrogens is 177 g/mol. The van der Waals surface area contributed by atoms with E-state index in [1.54, 1.807) is 0 Å². The number of hydrogen-bond donors (Lipinski definition) is 1. The Kier molecular flexibility index (Phi) is 4.93. The molecule has 1 aliphatic rings. The first-order chi connectivity index (χ1) is 5.88. The molecule has 1 fully saturated rings. The van der Waals surface area contributed by atoms with Gasteiger partial charge in [-0.1, -0.05) is 6.42 Å². The van der Waals surface area contributed by atoms with Crippen molar-refractivity contribution in [2.45, 2.75) is 31.7 Å². The number of nitrogens with one attached hydrogen (secondary N) is 1. The van der Waals surface area contributed by atoms with Crippen LogP contribution in [-0.2, 0) is 0 Å². The molecule has 0 aromatic heterocycles. The lowest BCUT2D eigenvalue weighted by molar-refractivity contribution is 0.400. The summed E-state index contributed by atoms with van der Waals surface area (Å²) in [5.41, 5.74) is 0. The number of hydrogen-bond acceptors (Lipinski definition) is 1. The minimum atomic E-state index is -0.217. The van der Waals surface area contributed by atoms with Crippen LogP contribution in [0.15, 0.2) is 0 Å². The van der Waals surface area contributed by atoms with Crippen molar-refractivity contribution in [2.24, 2.45) is 5.92 Å². The standard InChI is InChI=1S/C9H17ClFN/c10-7-8-3-1-4-9(8)12-6-2-5-11/h8-9,12H,1-7H2. The van der Waals surface area contributed by atoms with E-state index in [0.717, 1.165) is 12.4 Å². The Bertz CT molecular complexity index is 121. The normalized spacial score (nSPS) is 29.5. The lowest BCUT2D eigenvalue weighted by Crippen LogP contribution is -2.34. The number of halogens is 2. The Morgan fingerprint density at radius 3 is 2.92 bits per heavy atom. The van der Waals surface area contributed by atoms with Crippen molar-refractivity contribution in [1.82, 2.24) is 5.32 Å². The minimum absolute atomic E-state index is 0.217. The summed E-state index contributed by atoms with van der Waals surface area (Å²) in [5.74, 6) is 1.36. The van der Waals surface area contributed by atoms with E-state index in [2.05, 4.69) is 5.32 Å². The average molecular weight is 194 g/mol. The maximum Gasteiger partial charge on any atom is 0.0906 e. The van der Waals surface area contributed by atoms with Crippen LogP contribution in [0, 0.1) is 5.92 Å². The van der Waals surface area contributed by atoms with Gasteiger partial charge in [0.15, 0.2) is 0 Å². The zero-order valence-corrected chi connectivity index (χ0v) is 8.12. The highest BCUT2D eigenvalue weighted by Gasteiger charge is 2.25. The molecule has 0 aromatic rings. The average Bonchev–Trinajstić information content (AvgIpc) is 2.52. The minimum Gasteiger partial charge on any atom is -0.314 e. The van der Waals surface area contributed by atoms with Crippen LogP contribution in [0.25, 0.3) is 0 Å². The summed E-state index contributed by atoms with van der Waals surface area (Å²) in [4.78, 5) is 0. The Balaban J connectivity index is 2.12. The molecule has 0 bridgehead atoms. The fourth-order valence-electron chi connectivity index (χ4n) is 1.84. The first-order valence-corrected chi connectivity index (χ1v) is 5.27. The van der Waals surface area contributed by atoms with Gasteiger partial charge in [0.05, 0.1) is 6.67 Å². The molecule has 0 saturated heterocycles. The topological polar surface area (TPSA) is 12.0 Å². The van der Waals surface area contributed by atoms with Crippen LogP contribution < -0.4 is 5.32 Å². The maximum atomic E-state index is 11.8. The molecule has 1 nitrogen and oxygen atoms in total. The van der Waals surface area contributed by atoms with Crippen LogP contribution in [0.3, 0.4) is 0 Å². The van der Waals surface area contributed by atoms with Crippen LogP contribution in [0.5, 0.6) is 0 Å². The zero-order valence-electron chi connectivity index (χ0n) is 7.36. The van der Waals surface area contributed by atoms with Gasteiger partial charge in [0.2, 0.25) is 0 Å².